The fourth-order valence-corrected chi connectivity index (χ4v) is 3.87. The number of nitrogens with zero attached hydrogens (tertiary/aromatic N) is 5. The van der Waals surface area contributed by atoms with Crippen LogP contribution < -0.4 is 15.6 Å². The van der Waals surface area contributed by atoms with Crippen LogP contribution in [0.3, 0.4) is 0 Å². The first-order valence-electron chi connectivity index (χ1n) is 10.3. The molecule has 2 N–H and O–H groups in total. The predicted octanol–water partition coefficient (Wildman–Crippen LogP) is 4.83. The molecule has 0 amide bonds. The lowest BCUT2D eigenvalue weighted by Crippen LogP contribution is -2.37. The van der Waals surface area contributed by atoms with Gasteiger partial charge in [-0.15, -0.1) is 0 Å². The van der Waals surface area contributed by atoms with Crippen LogP contribution in [-0.2, 0) is 8.67 Å². The molecular formula is C22H21F3IN7O. The highest BCUT2D eigenvalue weighted by molar-refractivity contribution is 14.1. The van der Waals surface area contributed by atoms with Gasteiger partial charge in [0.05, 0.1) is 43.2 Å². The number of hydrazone groups is 1. The lowest BCUT2D eigenvalue weighted by Gasteiger charge is -2.27. The third-order valence-electron chi connectivity index (χ3n) is 5.02. The molecule has 12 heteroatoms. The first kappa shape index (κ1) is 24.1. The Kier molecular flexibility index (Phi) is 7.46. The number of hydrogen-bond acceptors (Lipinski definition) is 8. The van der Waals surface area contributed by atoms with E-state index in [9.17, 15) is 13.2 Å². The van der Waals surface area contributed by atoms with Crippen molar-refractivity contribution in [3.05, 3.63) is 65.4 Å². The Bertz CT molecular complexity index is 1170. The molecule has 1 saturated heterocycles. The monoisotopic (exact) mass is 583 g/mol. The lowest BCUT2D eigenvalue weighted by molar-refractivity contribution is 0.122. The van der Waals surface area contributed by atoms with Gasteiger partial charge in [0.15, 0.2) is 11.6 Å². The maximum absolute atomic E-state index is 14.1. The minimum absolute atomic E-state index is 0.0410. The summed E-state index contributed by atoms with van der Waals surface area (Å²) in [5, 5.41) is 7.12. The van der Waals surface area contributed by atoms with Crippen LogP contribution >= 0.6 is 22.6 Å². The van der Waals surface area contributed by atoms with Crippen LogP contribution in [-0.4, -0.2) is 47.5 Å². The van der Waals surface area contributed by atoms with Crippen molar-refractivity contribution in [2.24, 2.45) is 5.10 Å². The molecule has 8 nitrogen and oxygen atoms in total. The van der Waals surface area contributed by atoms with Crippen LogP contribution in [0.1, 0.15) is 16.8 Å². The van der Waals surface area contributed by atoms with E-state index in [-0.39, 0.29) is 17.3 Å². The first-order chi connectivity index (χ1) is 16.3. The minimum atomic E-state index is -2.96. The van der Waals surface area contributed by atoms with E-state index in [4.69, 9.17) is 4.74 Å². The van der Waals surface area contributed by atoms with Gasteiger partial charge in [0.25, 0.3) is 0 Å². The number of ether oxygens (including phenoxy) is 1. The van der Waals surface area contributed by atoms with Gasteiger partial charge >= 0.3 is 3.93 Å². The summed E-state index contributed by atoms with van der Waals surface area (Å²) in [6.07, 6.45) is 4.12. The zero-order valence-electron chi connectivity index (χ0n) is 18.1. The molecule has 3 heterocycles. The first-order valence-corrected chi connectivity index (χ1v) is 11.4. The van der Waals surface area contributed by atoms with Gasteiger partial charge in [0.1, 0.15) is 0 Å². The summed E-state index contributed by atoms with van der Waals surface area (Å²) in [5.74, 6) is -0.159. The fourth-order valence-electron chi connectivity index (χ4n) is 3.29. The molecule has 0 radical (unpaired) electrons. The van der Waals surface area contributed by atoms with Crippen molar-refractivity contribution in [2.45, 2.75) is 10.9 Å². The maximum atomic E-state index is 14.1. The molecule has 1 fully saturated rings. The number of hydrogen-bond donors (Lipinski definition) is 2. The van der Waals surface area contributed by atoms with Gasteiger partial charge in [-0.1, -0.05) is 6.07 Å². The standard InChI is InChI=1S/C22H21F3IN7O/c1-14-2-3-15(10-18(14)22(24,25)26)30-17-5-4-16(27-11-17)12-29-32-21-28-13-19(23)20(31-21)33-6-8-34-9-7-33/h2-5,10-13,30H,6-9H2,1H3,(H,28,31,32)/b29-12+. The minimum Gasteiger partial charge on any atom is -0.378 e. The Morgan fingerprint density at radius 3 is 2.59 bits per heavy atom. The number of rotatable bonds is 7. The van der Waals surface area contributed by atoms with Crippen LogP contribution in [0.4, 0.5) is 36.3 Å². The molecule has 2 aromatic heterocycles. The second-order valence-corrected chi connectivity index (χ2v) is 8.81. The molecule has 1 aliphatic rings. The topological polar surface area (TPSA) is 87.6 Å². The third kappa shape index (κ3) is 6.11. The molecule has 0 spiro atoms. The van der Waals surface area contributed by atoms with Gasteiger partial charge in [0, 0.05) is 46.9 Å². The Morgan fingerprint density at radius 2 is 1.88 bits per heavy atom. The van der Waals surface area contributed by atoms with E-state index >= 15 is 0 Å². The van der Waals surface area contributed by atoms with E-state index in [2.05, 4.69) is 30.8 Å². The second-order valence-electron chi connectivity index (χ2n) is 7.46. The van der Waals surface area contributed by atoms with Crippen molar-refractivity contribution in [1.29, 1.82) is 0 Å². The number of aryl methyl sites for hydroxylation is 1. The molecular weight excluding hydrogens is 562 g/mol. The second kappa shape index (κ2) is 10.5. The van der Waals surface area contributed by atoms with Crippen molar-refractivity contribution in [1.82, 2.24) is 15.0 Å². The fraction of sp³-hybridized carbons (Fsp3) is 0.273. The normalized spacial score (nSPS) is 14.4. The third-order valence-corrected chi connectivity index (χ3v) is 5.60. The number of aromatic nitrogens is 3. The van der Waals surface area contributed by atoms with Crippen molar-refractivity contribution in [2.75, 3.05) is 41.9 Å². The Hall–Kier alpha value is -3.00. The number of halogens is 4. The van der Waals surface area contributed by atoms with Crippen LogP contribution in [0, 0.1) is 12.7 Å². The van der Waals surface area contributed by atoms with Crippen molar-refractivity contribution < 1.29 is 17.9 Å². The molecule has 3 aromatic rings. The molecule has 0 bridgehead atoms. The van der Waals surface area contributed by atoms with Crippen LogP contribution in [0.2, 0.25) is 0 Å². The predicted molar refractivity (Wildman–Crippen MR) is 133 cm³/mol. The maximum Gasteiger partial charge on any atom is 0.321 e. The van der Waals surface area contributed by atoms with Crippen molar-refractivity contribution in [3.8, 4) is 0 Å². The molecule has 0 unspecified atom stereocenters. The number of anilines is 4. The summed E-state index contributed by atoms with van der Waals surface area (Å²) >= 11 is 1.12. The molecule has 4 rings (SSSR count). The smallest absolute Gasteiger partial charge is 0.321 e. The van der Waals surface area contributed by atoms with Gasteiger partial charge in [-0.3, -0.25) is 4.98 Å². The molecule has 0 saturated carbocycles. The van der Waals surface area contributed by atoms with E-state index < -0.39 is 9.75 Å². The van der Waals surface area contributed by atoms with Gasteiger partial charge in [-0.2, -0.15) is 18.9 Å². The largest absolute Gasteiger partial charge is 0.378 e. The number of benzene rings is 1. The number of alkyl halides is 3. The zero-order chi connectivity index (χ0) is 24.1. The van der Waals surface area contributed by atoms with E-state index in [0.717, 1.165) is 28.8 Å². The summed E-state index contributed by atoms with van der Waals surface area (Å²) < 4.78 is 43.9. The Morgan fingerprint density at radius 1 is 1.12 bits per heavy atom. The summed E-state index contributed by atoms with van der Waals surface area (Å²) in [6.45, 7) is 3.76. The quantitative estimate of drug-likeness (QED) is 0.178. The SMILES string of the molecule is Cc1ccc(Nc2ccc(/C=N/Nc3ncc(F)c(N4CCOCC4)n3)nc2)cc1C(F)(F)I. The Balaban J connectivity index is 1.38. The molecule has 1 aromatic carbocycles. The van der Waals surface area contributed by atoms with E-state index in [1.807, 2.05) is 0 Å². The van der Waals surface area contributed by atoms with Crippen LogP contribution in [0.15, 0.2) is 47.8 Å². The number of nitrogens with one attached hydrogen (secondary N) is 2. The highest BCUT2D eigenvalue weighted by Crippen LogP contribution is 2.38. The van der Waals surface area contributed by atoms with Crippen LogP contribution in [0.25, 0.3) is 0 Å². The van der Waals surface area contributed by atoms with Crippen molar-refractivity contribution >= 4 is 51.9 Å². The lowest BCUT2D eigenvalue weighted by atomic mass is 10.1. The highest BCUT2D eigenvalue weighted by atomic mass is 127. The summed E-state index contributed by atoms with van der Waals surface area (Å²) in [6, 6.07) is 8.26. The van der Waals surface area contributed by atoms with E-state index in [1.54, 1.807) is 42.3 Å². The van der Waals surface area contributed by atoms with E-state index in [0.29, 0.717) is 48.9 Å². The number of morpholine rings is 1. The highest BCUT2D eigenvalue weighted by Gasteiger charge is 2.29. The van der Waals surface area contributed by atoms with Gasteiger partial charge < -0.3 is 15.0 Å². The summed E-state index contributed by atoms with van der Waals surface area (Å²) in [5.41, 5.74) is 4.86. The molecule has 1 aliphatic heterocycles. The van der Waals surface area contributed by atoms with Crippen LogP contribution in [0.5, 0.6) is 0 Å². The summed E-state index contributed by atoms with van der Waals surface area (Å²) in [4.78, 5) is 14.2. The average Bonchev–Trinajstić information content (AvgIpc) is 2.82. The molecule has 0 aliphatic carbocycles. The molecule has 178 valence electrons. The Labute approximate surface area is 207 Å². The van der Waals surface area contributed by atoms with E-state index in [1.165, 1.54) is 12.3 Å². The van der Waals surface area contributed by atoms with Crippen molar-refractivity contribution in [3.63, 3.8) is 0 Å². The number of pyridine rings is 1. The molecule has 34 heavy (non-hydrogen) atoms. The zero-order valence-corrected chi connectivity index (χ0v) is 20.3. The van der Waals surface area contributed by atoms with Gasteiger partial charge in [-0.05, 0) is 36.8 Å². The van der Waals surface area contributed by atoms with Gasteiger partial charge in [0.2, 0.25) is 5.95 Å². The van der Waals surface area contributed by atoms with Gasteiger partial charge in [-0.25, -0.2) is 14.8 Å². The summed E-state index contributed by atoms with van der Waals surface area (Å²) in [7, 11) is 0. The molecule has 0 atom stereocenters. The average molecular weight is 583 g/mol.